The third kappa shape index (κ3) is 5.91. The second-order valence-corrected chi connectivity index (χ2v) is 5.46. The Labute approximate surface area is 148 Å². The third-order valence-corrected chi connectivity index (χ3v) is 3.65. The molecule has 2 rings (SSSR count). The minimum absolute atomic E-state index is 0.101. The molecule has 2 aromatic carbocycles. The van der Waals surface area contributed by atoms with Gasteiger partial charge in [-0.3, -0.25) is 4.79 Å². The molecule has 0 atom stereocenters. The van der Waals surface area contributed by atoms with Gasteiger partial charge in [-0.15, -0.1) is 0 Å². The number of carbonyl (C=O) groups is 1. The molecule has 128 valence electrons. The molecule has 0 fully saturated rings. The van der Waals surface area contributed by atoms with Gasteiger partial charge in [-0.05, 0) is 36.1 Å². The average molecular weight is 334 g/mol. The molecule has 0 saturated heterocycles. The number of nitriles is 1. The van der Waals surface area contributed by atoms with Gasteiger partial charge in [0.25, 0.3) is 5.91 Å². The summed E-state index contributed by atoms with van der Waals surface area (Å²) < 4.78 is 5.21. The van der Waals surface area contributed by atoms with E-state index < -0.39 is 0 Å². The van der Waals surface area contributed by atoms with Crippen molar-refractivity contribution in [3.63, 3.8) is 0 Å². The molecular formula is C21H22N2O2. The summed E-state index contributed by atoms with van der Waals surface area (Å²) in [5.41, 5.74) is 3.15. The summed E-state index contributed by atoms with van der Waals surface area (Å²) in [6, 6.07) is 19.8. The molecule has 4 nitrogen and oxygen atoms in total. The van der Waals surface area contributed by atoms with E-state index in [-0.39, 0.29) is 11.5 Å². The van der Waals surface area contributed by atoms with Crippen molar-refractivity contribution in [2.24, 2.45) is 0 Å². The van der Waals surface area contributed by atoms with Crippen LogP contribution in [0.5, 0.6) is 0 Å². The van der Waals surface area contributed by atoms with Gasteiger partial charge in [-0.1, -0.05) is 54.6 Å². The van der Waals surface area contributed by atoms with Crippen LogP contribution < -0.4 is 5.32 Å². The molecule has 25 heavy (non-hydrogen) atoms. The Morgan fingerprint density at radius 3 is 2.44 bits per heavy atom. The van der Waals surface area contributed by atoms with Gasteiger partial charge in [0.1, 0.15) is 11.6 Å². The Morgan fingerprint density at radius 1 is 1.12 bits per heavy atom. The number of nitrogens with one attached hydrogen (secondary N) is 1. The van der Waals surface area contributed by atoms with Gasteiger partial charge in [0, 0.05) is 19.8 Å². The molecule has 0 spiro atoms. The molecule has 0 heterocycles. The summed E-state index contributed by atoms with van der Waals surface area (Å²) in [4.78, 5) is 12.1. The van der Waals surface area contributed by atoms with Crippen LogP contribution in [0.1, 0.15) is 18.9 Å². The van der Waals surface area contributed by atoms with Crippen molar-refractivity contribution < 1.29 is 9.53 Å². The number of ether oxygens (including phenoxy) is 1. The van der Waals surface area contributed by atoms with Gasteiger partial charge in [-0.25, -0.2) is 0 Å². The third-order valence-electron chi connectivity index (χ3n) is 3.65. The van der Waals surface area contributed by atoms with Crippen LogP contribution in [0.4, 0.5) is 0 Å². The smallest absolute Gasteiger partial charge is 0.261 e. The van der Waals surface area contributed by atoms with E-state index in [0.717, 1.165) is 23.1 Å². The van der Waals surface area contributed by atoms with Crippen molar-refractivity contribution in [3.05, 3.63) is 65.7 Å². The Hall–Kier alpha value is -2.90. The van der Waals surface area contributed by atoms with Crippen LogP contribution in [0.2, 0.25) is 0 Å². The van der Waals surface area contributed by atoms with Crippen LogP contribution in [0.15, 0.2) is 60.2 Å². The van der Waals surface area contributed by atoms with Crippen LogP contribution in [0.3, 0.4) is 0 Å². The normalized spacial score (nSPS) is 11.0. The molecule has 2 aromatic rings. The Balaban J connectivity index is 1.99. The second kappa shape index (κ2) is 10.1. The average Bonchev–Trinajstić information content (AvgIpc) is 2.67. The van der Waals surface area contributed by atoms with Gasteiger partial charge in [0.2, 0.25) is 0 Å². The van der Waals surface area contributed by atoms with Gasteiger partial charge < -0.3 is 10.1 Å². The second-order valence-electron chi connectivity index (χ2n) is 5.46. The van der Waals surface area contributed by atoms with Crippen molar-refractivity contribution in [2.75, 3.05) is 19.8 Å². The molecule has 0 bridgehead atoms. The molecule has 0 saturated carbocycles. The predicted molar refractivity (Wildman–Crippen MR) is 99.6 cm³/mol. The molecule has 0 aromatic heterocycles. The molecule has 0 radical (unpaired) electrons. The molecule has 0 aliphatic carbocycles. The Morgan fingerprint density at radius 2 is 1.80 bits per heavy atom. The maximum atomic E-state index is 12.1. The number of hydrogen-bond acceptors (Lipinski definition) is 3. The molecule has 0 aliphatic rings. The highest BCUT2D eigenvalue weighted by molar-refractivity contribution is 6.01. The van der Waals surface area contributed by atoms with Crippen LogP contribution in [-0.2, 0) is 9.53 Å². The molecule has 1 amide bonds. The van der Waals surface area contributed by atoms with E-state index in [4.69, 9.17) is 4.74 Å². The maximum absolute atomic E-state index is 12.1. The zero-order valence-electron chi connectivity index (χ0n) is 14.4. The fourth-order valence-electron chi connectivity index (χ4n) is 2.33. The van der Waals surface area contributed by atoms with E-state index in [2.05, 4.69) is 5.32 Å². The first kappa shape index (κ1) is 18.4. The van der Waals surface area contributed by atoms with E-state index >= 15 is 0 Å². The molecule has 0 aliphatic heterocycles. The van der Waals surface area contributed by atoms with Crippen LogP contribution in [0, 0.1) is 11.3 Å². The molecule has 4 heteroatoms. The predicted octanol–water partition coefficient (Wildman–Crippen LogP) is 3.80. The highest BCUT2D eigenvalue weighted by Gasteiger charge is 2.08. The van der Waals surface area contributed by atoms with E-state index in [9.17, 15) is 10.1 Å². The van der Waals surface area contributed by atoms with Gasteiger partial charge in [0.05, 0.1) is 0 Å². The fraction of sp³-hybridized carbons (Fsp3) is 0.238. The number of amides is 1. The van der Waals surface area contributed by atoms with Crippen molar-refractivity contribution >= 4 is 12.0 Å². The van der Waals surface area contributed by atoms with Crippen molar-refractivity contribution in [2.45, 2.75) is 13.3 Å². The summed E-state index contributed by atoms with van der Waals surface area (Å²) in [5, 5.41) is 12.0. The lowest BCUT2D eigenvalue weighted by atomic mass is 10.0. The van der Waals surface area contributed by atoms with Crippen LogP contribution in [0.25, 0.3) is 17.2 Å². The number of carbonyl (C=O) groups excluding carboxylic acids is 1. The number of benzene rings is 2. The molecule has 0 unspecified atom stereocenters. The van der Waals surface area contributed by atoms with E-state index in [1.54, 1.807) is 6.08 Å². The topological polar surface area (TPSA) is 62.1 Å². The lowest BCUT2D eigenvalue weighted by molar-refractivity contribution is -0.117. The SMILES string of the molecule is CCOCCCNC(=O)/C(C#N)=C/c1ccc(-c2ccccc2)cc1. The van der Waals surface area contributed by atoms with E-state index in [1.807, 2.05) is 67.6 Å². The number of rotatable bonds is 8. The zero-order chi connectivity index (χ0) is 17.9. The molecular weight excluding hydrogens is 312 g/mol. The Bertz CT molecular complexity index is 744. The minimum Gasteiger partial charge on any atom is -0.382 e. The standard InChI is InChI=1S/C21H22N2O2/c1-2-25-14-6-13-23-21(24)20(16-22)15-17-9-11-19(12-10-17)18-7-4-3-5-8-18/h3-5,7-12,15H,2,6,13-14H2,1H3,(H,23,24)/b20-15+. The van der Waals surface area contributed by atoms with Gasteiger partial charge in [-0.2, -0.15) is 5.26 Å². The molecule has 1 N–H and O–H groups in total. The summed E-state index contributed by atoms with van der Waals surface area (Å²) in [7, 11) is 0. The largest absolute Gasteiger partial charge is 0.382 e. The summed E-state index contributed by atoms with van der Waals surface area (Å²) >= 11 is 0. The lowest BCUT2D eigenvalue weighted by Crippen LogP contribution is -2.26. The summed E-state index contributed by atoms with van der Waals surface area (Å²) in [6.45, 7) is 3.68. The Kier molecular flexibility index (Phi) is 7.42. The van der Waals surface area contributed by atoms with Crippen molar-refractivity contribution in [1.82, 2.24) is 5.32 Å². The van der Waals surface area contributed by atoms with Crippen LogP contribution in [-0.4, -0.2) is 25.7 Å². The monoisotopic (exact) mass is 334 g/mol. The zero-order valence-corrected chi connectivity index (χ0v) is 14.4. The quantitative estimate of drug-likeness (QED) is 0.454. The number of hydrogen-bond donors (Lipinski definition) is 1. The minimum atomic E-state index is -0.355. The lowest BCUT2D eigenvalue weighted by Gasteiger charge is -2.05. The first-order valence-electron chi connectivity index (χ1n) is 8.38. The van der Waals surface area contributed by atoms with E-state index in [1.165, 1.54) is 0 Å². The highest BCUT2D eigenvalue weighted by atomic mass is 16.5. The van der Waals surface area contributed by atoms with Crippen molar-refractivity contribution in [3.8, 4) is 17.2 Å². The highest BCUT2D eigenvalue weighted by Crippen LogP contribution is 2.20. The van der Waals surface area contributed by atoms with Gasteiger partial charge in [0.15, 0.2) is 0 Å². The van der Waals surface area contributed by atoms with Crippen molar-refractivity contribution in [1.29, 1.82) is 5.26 Å². The van der Waals surface area contributed by atoms with E-state index in [0.29, 0.717) is 19.8 Å². The first-order chi connectivity index (χ1) is 12.2. The van der Waals surface area contributed by atoms with Gasteiger partial charge >= 0.3 is 0 Å². The van der Waals surface area contributed by atoms with Crippen LogP contribution >= 0.6 is 0 Å². The first-order valence-corrected chi connectivity index (χ1v) is 8.38. The fourth-order valence-corrected chi connectivity index (χ4v) is 2.33. The maximum Gasteiger partial charge on any atom is 0.261 e. The summed E-state index contributed by atoms with van der Waals surface area (Å²) in [6.07, 6.45) is 2.33. The summed E-state index contributed by atoms with van der Waals surface area (Å²) in [5.74, 6) is -0.355. The number of nitrogens with zero attached hydrogens (tertiary/aromatic N) is 1.